The zero-order valence-electron chi connectivity index (χ0n) is 50.1. The topological polar surface area (TPSA) is 175 Å². The molecule has 0 bridgehead atoms. The van der Waals surface area contributed by atoms with Crippen molar-refractivity contribution < 1.29 is 58.2 Å². The lowest BCUT2D eigenvalue weighted by molar-refractivity contribution is -0.301. The number of unbranched alkanes of at least 4 members (excludes halogenated alkanes) is 28. The summed E-state index contributed by atoms with van der Waals surface area (Å²) in [7, 11) is 0. The third-order valence-electron chi connectivity index (χ3n) is 14.2. The standard InChI is InChI=1S/C67H114O12/c1-4-7-10-13-16-19-22-25-27-29-30-32-33-36-38-41-44-47-50-53-59(68)75-56-58(77-60(69)54-51-48-45-42-39-35-24-21-18-15-12-9-6-3)57-76-67-65(63(72)62(71)64(79-67)66(73)74)78-61(70)55-52-49-46-43-40-37-34-31-28-26-23-20-17-14-11-8-5-2/h8,11-12,15,17,20-21,24-28,58,62-65,67,71-72H,4-7,9-10,13-14,16,18-19,22-23,29-57H2,1-3H3,(H,73,74)/b11-8-,15-12-,20-17-,24-21-,27-25-,28-26-. The van der Waals surface area contributed by atoms with Crippen molar-refractivity contribution in [3.63, 3.8) is 0 Å². The first-order valence-electron chi connectivity index (χ1n) is 31.9. The molecule has 6 unspecified atom stereocenters. The average molecular weight is 1110 g/mol. The van der Waals surface area contributed by atoms with Gasteiger partial charge < -0.3 is 39.0 Å². The Morgan fingerprint density at radius 1 is 0.430 bits per heavy atom. The van der Waals surface area contributed by atoms with Crippen LogP contribution in [0.3, 0.4) is 0 Å². The second-order valence-corrected chi connectivity index (χ2v) is 21.7. The molecule has 0 aliphatic carbocycles. The highest BCUT2D eigenvalue weighted by Crippen LogP contribution is 2.27. The molecular formula is C67H114O12. The van der Waals surface area contributed by atoms with Gasteiger partial charge in [-0.25, -0.2) is 4.79 Å². The van der Waals surface area contributed by atoms with Gasteiger partial charge in [0.05, 0.1) is 6.61 Å². The van der Waals surface area contributed by atoms with Crippen LogP contribution in [0.1, 0.15) is 278 Å². The molecule has 12 heteroatoms. The molecular weight excluding hydrogens is 997 g/mol. The minimum atomic E-state index is -1.91. The first-order chi connectivity index (χ1) is 38.6. The van der Waals surface area contributed by atoms with Crippen LogP contribution in [0.25, 0.3) is 0 Å². The summed E-state index contributed by atoms with van der Waals surface area (Å²) < 4.78 is 28.5. The minimum absolute atomic E-state index is 0.0461. The van der Waals surface area contributed by atoms with E-state index in [0.29, 0.717) is 19.3 Å². The summed E-state index contributed by atoms with van der Waals surface area (Å²) in [5.74, 6) is -3.14. The van der Waals surface area contributed by atoms with Crippen LogP contribution in [0.4, 0.5) is 0 Å². The summed E-state index contributed by atoms with van der Waals surface area (Å²) in [5.41, 5.74) is 0. The number of carbonyl (C=O) groups excluding carboxylic acids is 3. The van der Waals surface area contributed by atoms with Gasteiger partial charge in [0.25, 0.3) is 0 Å². The van der Waals surface area contributed by atoms with E-state index in [1.165, 1.54) is 83.5 Å². The van der Waals surface area contributed by atoms with Crippen LogP contribution in [-0.4, -0.2) is 89.2 Å². The van der Waals surface area contributed by atoms with E-state index in [4.69, 9.17) is 23.7 Å². The second-order valence-electron chi connectivity index (χ2n) is 21.7. The number of hydrogen-bond donors (Lipinski definition) is 3. The molecule has 6 atom stereocenters. The number of aliphatic hydroxyl groups excluding tert-OH is 2. The van der Waals surface area contributed by atoms with Gasteiger partial charge in [0.15, 0.2) is 24.6 Å². The fourth-order valence-electron chi connectivity index (χ4n) is 9.36. The second kappa shape index (κ2) is 54.7. The van der Waals surface area contributed by atoms with Gasteiger partial charge in [-0.15, -0.1) is 0 Å². The quantitative estimate of drug-likeness (QED) is 0.0228. The Balaban J connectivity index is 2.65. The molecule has 0 saturated carbocycles. The number of carbonyl (C=O) groups is 4. The van der Waals surface area contributed by atoms with Crippen molar-refractivity contribution in [1.82, 2.24) is 0 Å². The van der Waals surface area contributed by atoms with Crippen LogP contribution in [-0.2, 0) is 42.9 Å². The lowest BCUT2D eigenvalue weighted by atomic mass is 9.98. The lowest BCUT2D eigenvalue weighted by Crippen LogP contribution is -2.61. The number of allylic oxidation sites excluding steroid dienone is 12. The molecule has 0 aromatic carbocycles. The molecule has 454 valence electrons. The van der Waals surface area contributed by atoms with Crippen molar-refractivity contribution >= 4 is 23.9 Å². The Hall–Kier alpha value is -3.84. The van der Waals surface area contributed by atoms with Crippen molar-refractivity contribution in [2.24, 2.45) is 0 Å². The minimum Gasteiger partial charge on any atom is -0.479 e. The molecule has 1 rings (SSSR count). The highest BCUT2D eigenvalue weighted by atomic mass is 16.7. The van der Waals surface area contributed by atoms with Gasteiger partial charge >= 0.3 is 23.9 Å². The Kier molecular flexibility index (Phi) is 50.7. The van der Waals surface area contributed by atoms with E-state index < -0.39 is 67.3 Å². The van der Waals surface area contributed by atoms with Gasteiger partial charge in [-0.2, -0.15) is 0 Å². The SMILES string of the molecule is CC/C=C\C/C=C\C/C=C\CCCCCCCCCC(=O)OC1C(OCC(COC(=O)CCCCCCCCCCC/C=C\CCCCCCCC)OC(=O)CCCCCCC/C=C\C/C=C\CCC)OC(C(=O)O)C(O)C1O. The maximum atomic E-state index is 13.2. The number of ether oxygens (including phenoxy) is 5. The van der Waals surface area contributed by atoms with E-state index in [-0.39, 0.29) is 25.9 Å². The number of rotatable bonds is 54. The summed E-state index contributed by atoms with van der Waals surface area (Å²) in [4.78, 5) is 51.3. The van der Waals surface area contributed by atoms with Crippen molar-refractivity contribution in [2.45, 2.75) is 314 Å². The van der Waals surface area contributed by atoms with E-state index in [1.807, 2.05) is 0 Å². The van der Waals surface area contributed by atoms with Crippen molar-refractivity contribution in [2.75, 3.05) is 13.2 Å². The maximum absolute atomic E-state index is 13.2. The largest absolute Gasteiger partial charge is 0.479 e. The zero-order chi connectivity index (χ0) is 57.5. The molecule has 0 aromatic heterocycles. The van der Waals surface area contributed by atoms with Crippen molar-refractivity contribution in [3.05, 3.63) is 72.9 Å². The van der Waals surface area contributed by atoms with E-state index in [9.17, 15) is 34.5 Å². The van der Waals surface area contributed by atoms with Gasteiger partial charge in [0.2, 0.25) is 0 Å². The van der Waals surface area contributed by atoms with Gasteiger partial charge in [-0.05, 0) is 103 Å². The molecule has 1 heterocycles. The molecule has 1 fully saturated rings. The summed E-state index contributed by atoms with van der Waals surface area (Å²) in [6.07, 6.45) is 57.2. The molecule has 0 aromatic rings. The molecule has 0 radical (unpaired) electrons. The monoisotopic (exact) mass is 1110 g/mol. The predicted molar refractivity (Wildman–Crippen MR) is 322 cm³/mol. The molecule has 0 spiro atoms. The van der Waals surface area contributed by atoms with Gasteiger partial charge in [-0.1, -0.05) is 229 Å². The normalized spacial score (nSPS) is 18.3. The van der Waals surface area contributed by atoms with Crippen LogP contribution in [0, 0.1) is 0 Å². The molecule has 79 heavy (non-hydrogen) atoms. The van der Waals surface area contributed by atoms with Crippen LogP contribution in [0.2, 0.25) is 0 Å². The maximum Gasteiger partial charge on any atom is 0.335 e. The van der Waals surface area contributed by atoms with Crippen LogP contribution < -0.4 is 0 Å². The Bertz CT molecular complexity index is 1650. The van der Waals surface area contributed by atoms with Crippen molar-refractivity contribution in [1.29, 1.82) is 0 Å². The van der Waals surface area contributed by atoms with Gasteiger partial charge in [0.1, 0.15) is 18.8 Å². The fourth-order valence-corrected chi connectivity index (χ4v) is 9.36. The van der Waals surface area contributed by atoms with Crippen LogP contribution >= 0.6 is 0 Å². The molecule has 1 saturated heterocycles. The molecule has 1 aliphatic heterocycles. The lowest BCUT2D eigenvalue weighted by Gasteiger charge is -2.40. The Labute approximate surface area is 480 Å². The first kappa shape index (κ1) is 73.2. The zero-order valence-corrected chi connectivity index (χ0v) is 50.1. The third-order valence-corrected chi connectivity index (χ3v) is 14.2. The smallest absolute Gasteiger partial charge is 0.335 e. The third kappa shape index (κ3) is 44.5. The van der Waals surface area contributed by atoms with E-state index in [1.54, 1.807) is 0 Å². The predicted octanol–water partition coefficient (Wildman–Crippen LogP) is 16.9. The summed E-state index contributed by atoms with van der Waals surface area (Å²) in [5, 5.41) is 31.6. The average Bonchev–Trinajstić information content (AvgIpc) is 3.46. The number of carboxylic acid groups (broad SMARTS) is 1. The number of carboxylic acids is 1. The summed E-state index contributed by atoms with van der Waals surface area (Å²) in [6, 6.07) is 0. The van der Waals surface area contributed by atoms with Crippen molar-refractivity contribution in [3.8, 4) is 0 Å². The van der Waals surface area contributed by atoms with Gasteiger partial charge in [-0.3, -0.25) is 14.4 Å². The number of esters is 3. The Morgan fingerprint density at radius 3 is 1.28 bits per heavy atom. The molecule has 1 aliphatic rings. The van der Waals surface area contributed by atoms with Gasteiger partial charge in [0, 0.05) is 19.3 Å². The van der Waals surface area contributed by atoms with E-state index >= 15 is 0 Å². The fraction of sp³-hybridized carbons (Fsp3) is 0.761. The molecule has 12 nitrogen and oxygen atoms in total. The summed E-state index contributed by atoms with van der Waals surface area (Å²) in [6.45, 7) is 5.82. The number of hydrogen-bond acceptors (Lipinski definition) is 11. The molecule has 0 amide bonds. The number of aliphatic hydroxyl groups is 2. The number of aliphatic carboxylic acids is 1. The molecule has 3 N–H and O–H groups in total. The first-order valence-corrected chi connectivity index (χ1v) is 31.9. The van der Waals surface area contributed by atoms with E-state index in [2.05, 4.69) is 93.7 Å². The Morgan fingerprint density at radius 2 is 0.823 bits per heavy atom. The van der Waals surface area contributed by atoms with Crippen LogP contribution in [0.15, 0.2) is 72.9 Å². The highest BCUT2D eigenvalue weighted by molar-refractivity contribution is 5.74. The van der Waals surface area contributed by atoms with Crippen LogP contribution in [0.5, 0.6) is 0 Å². The highest BCUT2D eigenvalue weighted by Gasteiger charge is 2.50. The summed E-state index contributed by atoms with van der Waals surface area (Å²) >= 11 is 0. The van der Waals surface area contributed by atoms with E-state index in [0.717, 1.165) is 135 Å².